The Hall–Kier alpha value is -2.19. The summed E-state index contributed by atoms with van der Waals surface area (Å²) in [6, 6.07) is 19.2. The maximum atomic E-state index is 9.62. The van der Waals surface area contributed by atoms with E-state index in [-0.39, 0.29) is 12.1 Å². The van der Waals surface area contributed by atoms with Gasteiger partial charge in [-0.15, -0.1) is 0 Å². The smallest absolute Gasteiger partial charge is 0.0995 e. The third kappa shape index (κ3) is 3.52. The van der Waals surface area contributed by atoms with E-state index < -0.39 is 0 Å². The Bertz CT molecular complexity index is 792. The van der Waals surface area contributed by atoms with Crippen molar-refractivity contribution in [2.24, 2.45) is 0 Å². The van der Waals surface area contributed by atoms with Gasteiger partial charge in [-0.05, 0) is 35.6 Å². The minimum atomic E-state index is 0.0894. The maximum absolute atomic E-state index is 9.62. The standard InChI is InChI=1S/C22H25N3O/c23-16-18-6-2-3-7-19(18)21(25-12-10-24-11-13-25)15-22-20-8-4-1-5-17(20)9-14-26-22/h1-8,21-22,24H,9-15H2. The van der Waals surface area contributed by atoms with Crippen molar-refractivity contribution in [3.05, 3.63) is 70.8 Å². The predicted molar refractivity (Wildman–Crippen MR) is 102 cm³/mol. The average Bonchev–Trinajstić information content (AvgIpc) is 2.73. The second-order valence-corrected chi connectivity index (χ2v) is 7.04. The topological polar surface area (TPSA) is 48.3 Å². The Balaban J connectivity index is 1.67. The lowest BCUT2D eigenvalue weighted by Crippen LogP contribution is -2.45. The molecule has 0 saturated carbocycles. The molecule has 0 aliphatic carbocycles. The summed E-state index contributed by atoms with van der Waals surface area (Å²) >= 11 is 0. The largest absolute Gasteiger partial charge is 0.373 e. The van der Waals surface area contributed by atoms with Crippen LogP contribution in [0.25, 0.3) is 0 Å². The molecule has 4 heteroatoms. The van der Waals surface area contributed by atoms with Crippen LogP contribution >= 0.6 is 0 Å². The first-order valence-corrected chi connectivity index (χ1v) is 9.50. The Morgan fingerprint density at radius 2 is 1.88 bits per heavy atom. The van der Waals surface area contributed by atoms with Crippen LogP contribution < -0.4 is 5.32 Å². The molecule has 1 N–H and O–H groups in total. The third-order valence-electron chi connectivity index (χ3n) is 5.56. The molecule has 2 unspecified atom stereocenters. The first-order valence-electron chi connectivity index (χ1n) is 9.50. The van der Waals surface area contributed by atoms with Crippen molar-refractivity contribution >= 4 is 0 Å². The lowest BCUT2D eigenvalue weighted by atomic mass is 9.89. The predicted octanol–water partition coefficient (Wildman–Crippen LogP) is 3.21. The van der Waals surface area contributed by atoms with Crippen LogP contribution in [0.2, 0.25) is 0 Å². The van der Waals surface area contributed by atoms with Gasteiger partial charge in [-0.2, -0.15) is 5.26 Å². The summed E-state index contributed by atoms with van der Waals surface area (Å²) in [5.74, 6) is 0. The van der Waals surface area contributed by atoms with Crippen LogP contribution in [0, 0.1) is 11.3 Å². The molecular weight excluding hydrogens is 322 g/mol. The minimum Gasteiger partial charge on any atom is -0.373 e. The molecule has 26 heavy (non-hydrogen) atoms. The molecule has 2 aromatic rings. The van der Waals surface area contributed by atoms with Crippen LogP contribution in [-0.2, 0) is 11.2 Å². The van der Waals surface area contributed by atoms with Crippen LogP contribution in [0.3, 0.4) is 0 Å². The van der Waals surface area contributed by atoms with Gasteiger partial charge in [0, 0.05) is 32.2 Å². The fraction of sp³-hybridized carbons (Fsp3) is 0.409. The number of nitrogens with zero attached hydrogens (tertiary/aromatic N) is 2. The molecule has 0 radical (unpaired) electrons. The number of rotatable bonds is 4. The van der Waals surface area contributed by atoms with Gasteiger partial charge in [-0.3, -0.25) is 4.90 Å². The SMILES string of the molecule is N#Cc1ccccc1C(CC1OCCc2ccccc21)N1CCNCC1. The van der Waals surface area contributed by atoms with Crippen molar-refractivity contribution < 1.29 is 4.74 Å². The molecule has 0 spiro atoms. The van der Waals surface area contributed by atoms with E-state index in [0.717, 1.165) is 56.8 Å². The van der Waals surface area contributed by atoms with Crippen LogP contribution in [0.4, 0.5) is 0 Å². The van der Waals surface area contributed by atoms with E-state index >= 15 is 0 Å². The lowest BCUT2D eigenvalue weighted by molar-refractivity contribution is 0.0119. The molecule has 2 aliphatic rings. The summed E-state index contributed by atoms with van der Waals surface area (Å²) in [5, 5.41) is 13.0. The zero-order valence-electron chi connectivity index (χ0n) is 15.0. The van der Waals surface area contributed by atoms with Crippen molar-refractivity contribution in [3.63, 3.8) is 0 Å². The van der Waals surface area contributed by atoms with Crippen LogP contribution in [0.1, 0.15) is 40.8 Å². The number of nitriles is 1. The molecule has 4 rings (SSSR count). The van der Waals surface area contributed by atoms with E-state index in [4.69, 9.17) is 4.74 Å². The molecular formula is C22H25N3O. The molecule has 0 amide bonds. The minimum absolute atomic E-state index is 0.0894. The van der Waals surface area contributed by atoms with Gasteiger partial charge in [0.25, 0.3) is 0 Å². The van der Waals surface area contributed by atoms with E-state index in [1.807, 2.05) is 18.2 Å². The van der Waals surface area contributed by atoms with Gasteiger partial charge in [0.1, 0.15) is 0 Å². The monoisotopic (exact) mass is 347 g/mol. The summed E-state index contributed by atoms with van der Waals surface area (Å²) in [4.78, 5) is 2.51. The maximum Gasteiger partial charge on any atom is 0.0995 e. The molecule has 134 valence electrons. The molecule has 1 fully saturated rings. The first kappa shape index (κ1) is 17.2. The molecule has 2 atom stereocenters. The number of hydrogen-bond acceptors (Lipinski definition) is 4. The highest BCUT2D eigenvalue weighted by molar-refractivity contribution is 5.40. The highest BCUT2D eigenvalue weighted by atomic mass is 16.5. The fourth-order valence-electron chi connectivity index (χ4n) is 4.23. The molecule has 2 aromatic carbocycles. The van der Waals surface area contributed by atoms with Gasteiger partial charge in [0.2, 0.25) is 0 Å². The highest BCUT2D eigenvalue weighted by Gasteiger charge is 2.30. The lowest BCUT2D eigenvalue weighted by Gasteiger charge is -2.38. The van der Waals surface area contributed by atoms with Gasteiger partial charge < -0.3 is 10.1 Å². The van der Waals surface area contributed by atoms with Crippen molar-refractivity contribution in [2.75, 3.05) is 32.8 Å². The number of piperazine rings is 1. The summed E-state index contributed by atoms with van der Waals surface area (Å²) in [6.45, 7) is 4.76. The zero-order chi connectivity index (χ0) is 17.8. The number of ether oxygens (including phenoxy) is 1. The van der Waals surface area contributed by atoms with Crippen molar-refractivity contribution in [3.8, 4) is 6.07 Å². The number of nitrogens with one attached hydrogen (secondary N) is 1. The summed E-state index contributed by atoms with van der Waals surface area (Å²) in [7, 11) is 0. The van der Waals surface area contributed by atoms with Gasteiger partial charge in [-0.25, -0.2) is 0 Å². The molecule has 2 aliphatic heterocycles. The van der Waals surface area contributed by atoms with Crippen molar-refractivity contribution in [2.45, 2.75) is 25.0 Å². The van der Waals surface area contributed by atoms with E-state index in [9.17, 15) is 5.26 Å². The normalized spacial score (nSPS) is 21.6. The number of hydrogen-bond donors (Lipinski definition) is 1. The van der Waals surface area contributed by atoms with Gasteiger partial charge in [0.05, 0.1) is 24.3 Å². The van der Waals surface area contributed by atoms with E-state index in [2.05, 4.69) is 46.6 Å². The summed E-state index contributed by atoms with van der Waals surface area (Å²) < 4.78 is 6.20. The Kier molecular flexibility index (Phi) is 5.31. The van der Waals surface area contributed by atoms with Gasteiger partial charge in [0.15, 0.2) is 0 Å². The second-order valence-electron chi connectivity index (χ2n) is 7.04. The second kappa shape index (κ2) is 8.01. The molecule has 1 saturated heterocycles. The van der Waals surface area contributed by atoms with Crippen molar-refractivity contribution in [1.82, 2.24) is 10.2 Å². The molecule has 0 bridgehead atoms. The third-order valence-corrected chi connectivity index (χ3v) is 5.56. The number of benzene rings is 2. The summed E-state index contributed by atoms with van der Waals surface area (Å²) in [6.07, 6.45) is 1.96. The Morgan fingerprint density at radius 1 is 1.12 bits per heavy atom. The highest BCUT2D eigenvalue weighted by Crippen LogP contribution is 2.38. The van der Waals surface area contributed by atoms with Gasteiger partial charge in [-0.1, -0.05) is 42.5 Å². The number of fused-ring (bicyclic) bond motifs is 1. The van der Waals surface area contributed by atoms with Gasteiger partial charge >= 0.3 is 0 Å². The van der Waals surface area contributed by atoms with E-state index in [1.54, 1.807) is 0 Å². The molecule has 2 heterocycles. The molecule has 0 aromatic heterocycles. The average molecular weight is 347 g/mol. The molecule has 4 nitrogen and oxygen atoms in total. The van der Waals surface area contributed by atoms with Crippen molar-refractivity contribution in [1.29, 1.82) is 5.26 Å². The Morgan fingerprint density at radius 3 is 2.73 bits per heavy atom. The fourth-order valence-corrected chi connectivity index (χ4v) is 4.23. The van der Waals surface area contributed by atoms with Crippen LogP contribution in [0.15, 0.2) is 48.5 Å². The van der Waals surface area contributed by atoms with E-state index in [0.29, 0.717) is 0 Å². The quantitative estimate of drug-likeness (QED) is 0.923. The van der Waals surface area contributed by atoms with E-state index in [1.165, 1.54) is 11.1 Å². The van der Waals surface area contributed by atoms with Crippen LogP contribution in [-0.4, -0.2) is 37.7 Å². The zero-order valence-corrected chi connectivity index (χ0v) is 15.0. The first-order chi connectivity index (χ1) is 12.9. The van der Waals surface area contributed by atoms with Crippen LogP contribution in [0.5, 0.6) is 0 Å². The Labute approximate surface area is 155 Å². The summed E-state index contributed by atoms with van der Waals surface area (Å²) in [5.41, 5.74) is 4.62.